The molecule has 1 amide bonds. The van der Waals surface area contributed by atoms with Gasteiger partial charge in [0.25, 0.3) is 5.91 Å². The van der Waals surface area contributed by atoms with Crippen molar-refractivity contribution in [2.75, 3.05) is 13.1 Å². The van der Waals surface area contributed by atoms with Crippen LogP contribution in [0.3, 0.4) is 0 Å². The maximum atomic E-state index is 13.1. The molecule has 3 rings (SSSR count). The lowest BCUT2D eigenvalue weighted by Crippen LogP contribution is -2.46. The van der Waals surface area contributed by atoms with Crippen molar-refractivity contribution in [1.29, 1.82) is 0 Å². The quantitative estimate of drug-likeness (QED) is 0.821. The van der Waals surface area contributed by atoms with Crippen LogP contribution in [0.1, 0.15) is 23.2 Å². The van der Waals surface area contributed by atoms with E-state index in [2.05, 4.69) is 9.71 Å². The zero-order valence-corrected chi connectivity index (χ0v) is 14.5. The van der Waals surface area contributed by atoms with Gasteiger partial charge in [0.05, 0.1) is 4.90 Å². The zero-order chi connectivity index (χ0) is 18.7. The van der Waals surface area contributed by atoms with Crippen LogP contribution in [-0.2, 0) is 10.0 Å². The van der Waals surface area contributed by atoms with Crippen LogP contribution < -0.4 is 4.72 Å². The molecule has 2 aromatic rings. The standard InChI is InChI=1S/C17H17F2N3O3S/c18-13-1-3-15(4-2-13)26(24,25)21-14-6-9-22(10-7-14)17(23)12-5-8-20-16(19)11-12/h1-5,8,11,14,21H,6-7,9-10H2. The third kappa shape index (κ3) is 4.23. The summed E-state index contributed by atoms with van der Waals surface area (Å²) in [5, 5.41) is 0. The van der Waals surface area contributed by atoms with Crippen LogP contribution >= 0.6 is 0 Å². The molecule has 2 heterocycles. The predicted molar refractivity (Wildman–Crippen MR) is 89.8 cm³/mol. The fourth-order valence-electron chi connectivity index (χ4n) is 2.82. The lowest BCUT2D eigenvalue weighted by molar-refractivity contribution is 0.0710. The number of piperidine rings is 1. The first kappa shape index (κ1) is 18.4. The van der Waals surface area contributed by atoms with Crippen LogP contribution in [0.15, 0.2) is 47.5 Å². The number of nitrogens with zero attached hydrogens (tertiary/aromatic N) is 2. The Morgan fingerprint density at radius 2 is 1.77 bits per heavy atom. The number of benzene rings is 1. The summed E-state index contributed by atoms with van der Waals surface area (Å²) >= 11 is 0. The fraction of sp³-hybridized carbons (Fsp3) is 0.294. The van der Waals surface area contributed by atoms with Gasteiger partial charge in [-0.3, -0.25) is 4.79 Å². The molecule has 0 radical (unpaired) electrons. The minimum atomic E-state index is -3.75. The summed E-state index contributed by atoms with van der Waals surface area (Å²) in [6.07, 6.45) is 2.09. The summed E-state index contributed by atoms with van der Waals surface area (Å²) < 4.78 is 53.3. The lowest BCUT2D eigenvalue weighted by Gasteiger charge is -2.32. The maximum absolute atomic E-state index is 13.1. The van der Waals surface area contributed by atoms with Crippen molar-refractivity contribution in [1.82, 2.24) is 14.6 Å². The predicted octanol–water partition coefficient (Wildman–Crippen LogP) is 1.94. The molecule has 26 heavy (non-hydrogen) atoms. The molecule has 0 atom stereocenters. The Morgan fingerprint density at radius 3 is 2.38 bits per heavy atom. The van der Waals surface area contributed by atoms with Crippen LogP contribution in [-0.4, -0.2) is 43.3 Å². The number of aromatic nitrogens is 1. The summed E-state index contributed by atoms with van der Waals surface area (Å²) in [7, 11) is -3.75. The maximum Gasteiger partial charge on any atom is 0.254 e. The SMILES string of the molecule is O=C(c1ccnc(F)c1)N1CCC(NS(=O)(=O)c2ccc(F)cc2)CC1. The molecule has 0 unspecified atom stereocenters. The number of likely N-dealkylation sites (tertiary alicyclic amines) is 1. The average molecular weight is 381 g/mol. The summed E-state index contributed by atoms with van der Waals surface area (Å²) in [6, 6.07) is 6.76. The first-order valence-corrected chi connectivity index (χ1v) is 9.52. The van der Waals surface area contributed by atoms with E-state index in [0.29, 0.717) is 25.9 Å². The van der Waals surface area contributed by atoms with E-state index >= 15 is 0 Å². The van der Waals surface area contributed by atoms with Gasteiger partial charge in [0, 0.05) is 37.0 Å². The van der Waals surface area contributed by atoms with Gasteiger partial charge < -0.3 is 4.90 Å². The van der Waals surface area contributed by atoms with Gasteiger partial charge in [0.15, 0.2) is 0 Å². The molecule has 0 spiro atoms. The van der Waals surface area contributed by atoms with Crippen molar-refractivity contribution in [2.24, 2.45) is 0 Å². The van der Waals surface area contributed by atoms with Crippen LogP contribution in [0.5, 0.6) is 0 Å². The second kappa shape index (κ2) is 7.46. The van der Waals surface area contributed by atoms with Crippen molar-refractivity contribution in [2.45, 2.75) is 23.8 Å². The number of halogens is 2. The summed E-state index contributed by atoms with van der Waals surface area (Å²) in [5.74, 6) is -1.55. The van der Waals surface area contributed by atoms with Gasteiger partial charge in [0.2, 0.25) is 16.0 Å². The summed E-state index contributed by atoms with van der Waals surface area (Å²) in [4.78, 5) is 17.3. The van der Waals surface area contributed by atoms with Gasteiger partial charge in [0.1, 0.15) is 5.82 Å². The zero-order valence-electron chi connectivity index (χ0n) is 13.7. The van der Waals surface area contributed by atoms with Gasteiger partial charge in [-0.25, -0.2) is 22.5 Å². The highest BCUT2D eigenvalue weighted by atomic mass is 32.2. The van der Waals surface area contributed by atoms with Gasteiger partial charge in [-0.1, -0.05) is 0 Å². The van der Waals surface area contributed by atoms with Crippen LogP contribution in [0.2, 0.25) is 0 Å². The molecule has 1 N–H and O–H groups in total. The van der Waals surface area contributed by atoms with E-state index in [9.17, 15) is 22.0 Å². The molecule has 0 aliphatic carbocycles. The normalized spacial score (nSPS) is 15.8. The molecule has 9 heteroatoms. The Labute approximate surface area is 149 Å². The Bertz CT molecular complexity index is 896. The molecule has 0 bridgehead atoms. The summed E-state index contributed by atoms with van der Waals surface area (Å²) in [5.41, 5.74) is 0.211. The third-order valence-corrected chi connectivity index (χ3v) is 5.74. The number of sulfonamides is 1. The van der Waals surface area contributed by atoms with Gasteiger partial charge >= 0.3 is 0 Å². The van der Waals surface area contributed by atoms with E-state index < -0.39 is 21.8 Å². The number of hydrogen-bond acceptors (Lipinski definition) is 4. The average Bonchev–Trinajstić information content (AvgIpc) is 2.62. The molecular weight excluding hydrogens is 364 g/mol. The molecule has 1 fully saturated rings. The van der Waals surface area contributed by atoms with Gasteiger partial charge in [-0.2, -0.15) is 4.39 Å². The van der Waals surface area contributed by atoms with E-state index in [1.165, 1.54) is 24.4 Å². The first-order valence-electron chi connectivity index (χ1n) is 8.04. The van der Waals surface area contributed by atoms with Crippen molar-refractivity contribution in [3.63, 3.8) is 0 Å². The fourth-order valence-corrected chi connectivity index (χ4v) is 4.12. The van der Waals surface area contributed by atoms with E-state index in [1.807, 2.05) is 0 Å². The Kier molecular flexibility index (Phi) is 5.28. The number of carbonyl (C=O) groups excluding carboxylic acids is 1. The third-order valence-electron chi connectivity index (χ3n) is 4.20. The molecule has 1 aromatic heterocycles. The van der Waals surface area contributed by atoms with Crippen molar-refractivity contribution in [3.8, 4) is 0 Å². The molecule has 1 aromatic carbocycles. The highest BCUT2D eigenvalue weighted by molar-refractivity contribution is 7.89. The van der Waals surface area contributed by atoms with E-state index in [0.717, 1.165) is 18.2 Å². The molecule has 1 saturated heterocycles. The Balaban J connectivity index is 1.60. The Morgan fingerprint density at radius 1 is 1.12 bits per heavy atom. The van der Waals surface area contributed by atoms with Crippen molar-refractivity contribution >= 4 is 15.9 Å². The molecule has 1 aliphatic heterocycles. The second-order valence-electron chi connectivity index (χ2n) is 6.01. The second-order valence-corrected chi connectivity index (χ2v) is 7.72. The molecule has 1 aliphatic rings. The minimum Gasteiger partial charge on any atom is -0.339 e. The number of carbonyl (C=O) groups is 1. The van der Waals surface area contributed by atoms with Crippen molar-refractivity contribution < 1.29 is 22.0 Å². The Hall–Kier alpha value is -2.39. The largest absolute Gasteiger partial charge is 0.339 e. The first-order chi connectivity index (χ1) is 12.3. The number of hydrogen-bond donors (Lipinski definition) is 1. The van der Waals surface area contributed by atoms with E-state index in [-0.39, 0.29) is 22.4 Å². The smallest absolute Gasteiger partial charge is 0.254 e. The van der Waals surface area contributed by atoms with Crippen LogP contribution in [0.4, 0.5) is 8.78 Å². The van der Waals surface area contributed by atoms with Gasteiger partial charge in [-0.05, 0) is 43.2 Å². The molecule has 6 nitrogen and oxygen atoms in total. The summed E-state index contributed by atoms with van der Waals surface area (Å²) in [6.45, 7) is 0.693. The molecule has 0 saturated carbocycles. The lowest BCUT2D eigenvalue weighted by atomic mass is 10.1. The molecular formula is C17H17F2N3O3S. The number of rotatable bonds is 4. The van der Waals surface area contributed by atoms with Crippen LogP contribution in [0, 0.1) is 11.8 Å². The minimum absolute atomic E-state index is 0.00957. The number of amides is 1. The van der Waals surface area contributed by atoms with Gasteiger partial charge in [-0.15, -0.1) is 0 Å². The van der Waals surface area contributed by atoms with E-state index in [1.54, 1.807) is 4.90 Å². The van der Waals surface area contributed by atoms with Crippen LogP contribution in [0.25, 0.3) is 0 Å². The molecule has 138 valence electrons. The highest BCUT2D eigenvalue weighted by Crippen LogP contribution is 2.17. The number of pyridine rings is 1. The monoisotopic (exact) mass is 381 g/mol. The number of nitrogens with one attached hydrogen (secondary N) is 1. The van der Waals surface area contributed by atoms with Crippen molar-refractivity contribution in [3.05, 3.63) is 59.9 Å². The topological polar surface area (TPSA) is 79.4 Å². The highest BCUT2D eigenvalue weighted by Gasteiger charge is 2.27. The van der Waals surface area contributed by atoms with E-state index in [4.69, 9.17) is 0 Å².